The van der Waals surface area contributed by atoms with Gasteiger partial charge in [0, 0.05) is 13.0 Å². The zero-order chi connectivity index (χ0) is 12.9. The van der Waals surface area contributed by atoms with E-state index >= 15 is 0 Å². The first-order valence-electron chi connectivity index (χ1n) is 4.94. The number of nitrogens with one attached hydrogen (secondary N) is 2. The zero-order valence-electron chi connectivity index (χ0n) is 8.77. The zero-order valence-corrected chi connectivity index (χ0v) is 9.53. The number of nitrogens with zero attached hydrogens (tertiary/aromatic N) is 1. The van der Waals surface area contributed by atoms with Crippen LogP contribution >= 0.6 is 11.6 Å². The molecule has 0 radical (unpaired) electrons. The number of aromatic amines is 1. The molecule has 1 heterocycles. The molecule has 0 spiro atoms. The van der Waals surface area contributed by atoms with E-state index in [0.717, 1.165) is 0 Å². The Kier molecular flexibility index (Phi) is 4.80. The molecule has 1 rings (SSSR count). The lowest BCUT2D eigenvalue weighted by molar-refractivity contribution is -0.135. The van der Waals surface area contributed by atoms with Crippen molar-refractivity contribution in [2.45, 2.75) is 25.4 Å². The molecule has 1 aromatic heterocycles. The van der Waals surface area contributed by atoms with E-state index in [0.29, 0.717) is 6.42 Å². The van der Waals surface area contributed by atoms with E-state index in [9.17, 15) is 18.0 Å². The normalized spacial score (nSPS) is 11.5. The Labute approximate surface area is 100 Å². The van der Waals surface area contributed by atoms with Crippen molar-refractivity contribution in [3.05, 3.63) is 21.7 Å². The Balaban J connectivity index is 2.32. The lowest BCUT2D eigenvalue weighted by atomic mass is 10.2. The van der Waals surface area contributed by atoms with E-state index in [1.165, 1.54) is 6.33 Å². The second-order valence-corrected chi connectivity index (χ2v) is 3.77. The van der Waals surface area contributed by atoms with Crippen molar-refractivity contribution in [2.24, 2.45) is 0 Å². The van der Waals surface area contributed by atoms with E-state index in [2.05, 4.69) is 15.3 Å². The molecule has 0 fully saturated rings. The second-order valence-electron chi connectivity index (χ2n) is 3.39. The van der Waals surface area contributed by atoms with Crippen LogP contribution in [0.15, 0.2) is 11.1 Å². The van der Waals surface area contributed by atoms with Gasteiger partial charge in [-0.2, -0.15) is 13.2 Å². The van der Waals surface area contributed by atoms with Gasteiger partial charge in [0.05, 0.1) is 6.33 Å². The highest BCUT2D eigenvalue weighted by molar-refractivity contribution is 6.32. The van der Waals surface area contributed by atoms with Gasteiger partial charge in [-0.15, -0.1) is 0 Å². The second kappa shape index (κ2) is 5.90. The van der Waals surface area contributed by atoms with E-state index in [4.69, 9.17) is 11.6 Å². The largest absolute Gasteiger partial charge is 0.389 e. The molecular weight excluding hydrogens is 259 g/mol. The van der Waals surface area contributed by atoms with Gasteiger partial charge in [-0.25, -0.2) is 4.98 Å². The van der Waals surface area contributed by atoms with Gasteiger partial charge in [0.2, 0.25) is 0 Å². The molecule has 0 aliphatic rings. The monoisotopic (exact) mass is 269 g/mol. The quantitative estimate of drug-likeness (QED) is 0.808. The van der Waals surface area contributed by atoms with E-state index in [1.54, 1.807) is 0 Å². The molecule has 0 amide bonds. The number of hydrogen-bond donors (Lipinski definition) is 2. The summed E-state index contributed by atoms with van der Waals surface area (Å²) in [5, 5.41) is 2.62. The summed E-state index contributed by atoms with van der Waals surface area (Å²) in [6.07, 6.45) is -3.42. The maximum Gasteiger partial charge on any atom is 0.389 e. The number of rotatable bonds is 5. The number of unbranched alkanes of at least 4 members (excludes halogenated alkanes) is 1. The highest BCUT2D eigenvalue weighted by atomic mass is 35.5. The van der Waals surface area contributed by atoms with Gasteiger partial charge >= 0.3 is 6.18 Å². The molecule has 0 unspecified atom stereocenters. The summed E-state index contributed by atoms with van der Waals surface area (Å²) in [7, 11) is 0. The molecule has 4 nitrogen and oxygen atoms in total. The van der Waals surface area contributed by atoms with Crippen molar-refractivity contribution >= 4 is 17.4 Å². The summed E-state index contributed by atoms with van der Waals surface area (Å²) >= 11 is 5.63. The van der Waals surface area contributed by atoms with Crippen LogP contribution in [-0.2, 0) is 0 Å². The third-order valence-corrected chi connectivity index (χ3v) is 2.33. The van der Waals surface area contributed by atoms with E-state index in [-0.39, 0.29) is 23.8 Å². The number of halogens is 4. The van der Waals surface area contributed by atoms with Crippen molar-refractivity contribution in [3.8, 4) is 0 Å². The van der Waals surface area contributed by atoms with Crippen LogP contribution in [0.2, 0.25) is 5.02 Å². The van der Waals surface area contributed by atoms with Crippen molar-refractivity contribution in [2.75, 3.05) is 11.9 Å². The molecule has 2 N–H and O–H groups in total. The van der Waals surface area contributed by atoms with Crippen LogP contribution in [-0.4, -0.2) is 22.7 Å². The van der Waals surface area contributed by atoms with Crippen LogP contribution in [0.25, 0.3) is 0 Å². The highest BCUT2D eigenvalue weighted by Gasteiger charge is 2.25. The van der Waals surface area contributed by atoms with E-state index < -0.39 is 18.2 Å². The fourth-order valence-electron chi connectivity index (χ4n) is 1.16. The third kappa shape index (κ3) is 5.08. The predicted molar refractivity (Wildman–Crippen MR) is 58.3 cm³/mol. The first-order valence-corrected chi connectivity index (χ1v) is 5.32. The molecule has 96 valence electrons. The van der Waals surface area contributed by atoms with Gasteiger partial charge in [-0.1, -0.05) is 11.6 Å². The minimum Gasteiger partial charge on any atom is -0.369 e. The van der Waals surface area contributed by atoms with Crippen LogP contribution in [0, 0.1) is 0 Å². The van der Waals surface area contributed by atoms with Crippen LogP contribution in [0.1, 0.15) is 19.3 Å². The summed E-state index contributed by atoms with van der Waals surface area (Å²) in [5.74, 6) is 0.183. The van der Waals surface area contributed by atoms with Crippen LogP contribution in [0.3, 0.4) is 0 Å². The molecule has 0 aliphatic heterocycles. The Morgan fingerprint density at radius 3 is 2.76 bits per heavy atom. The van der Waals surface area contributed by atoms with Crippen LogP contribution < -0.4 is 10.9 Å². The first-order chi connectivity index (χ1) is 7.90. The summed E-state index contributed by atoms with van der Waals surface area (Å²) in [6.45, 7) is 0.284. The third-order valence-electron chi connectivity index (χ3n) is 1.98. The molecule has 0 saturated carbocycles. The van der Waals surface area contributed by atoms with Crippen LogP contribution in [0.4, 0.5) is 19.0 Å². The average Bonchev–Trinajstić information content (AvgIpc) is 2.22. The number of hydrogen-bond acceptors (Lipinski definition) is 3. The topological polar surface area (TPSA) is 57.8 Å². The predicted octanol–water partition coefficient (Wildman–Crippen LogP) is 2.57. The van der Waals surface area contributed by atoms with Gasteiger partial charge < -0.3 is 10.3 Å². The minimum atomic E-state index is -4.13. The smallest absolute Gasteiger partial charge is 0.369 e. The fourth-order valence-corrected chi connectivity index (χ4v) is 1.33. The van der Waals surface area contributed by atoms with Gasteiger partial charge in [0.1, 0.15) is 5.02 Å². The maximum atomic E-state index is 11.8. The standard InChI is InChI=1S/C9H11ClF3N3O/c10-6-7(15-5-16-8(6)17)14-4-2-1-3-9(11,12)13/h5H,1-4H2,(H2,14,15,16,17). The van der Waals surface area contributed by atoms with Gasteiger partial charge in [-0.05, 0) is 12.8 Å². The Hall–Kier alpha value is -1.24. The maximum absolute atomic E-state index is 11.8. The molecule has 17 heavy (non-hydrogen) atoms. The summed E-state index contributed by atoms with van der Waals surface area (Å²) in [4.78, 5) is 17.1. The van der Waals surface area contributed by atoms with Gasteiger partial charge in [0.15, 0.2) is 5.82 Å². The molecule has 0 atom stereocenters. The minimum absolute atomic E-state index is 0.0251. The van der Waals surface area contributed by atoms with Gasteiger partial charge in [0.25, 0.3) is 5.56 Å². The number of anilines is 1. The molecule has 0 saturated heterocycles. The number of alkyl halides is 3. The highest BCUT2D eigenvalue weighted by Crippen LogP contribution is 2.22. The fraction of sp³-hybridized carbons (Fsp3) is 0.556. The Morgan fingerprint density at radius 1 is 1.41 bits per heavy atom. The lowest BCUT2D eigenvalue weighted by Gasteiger charge is -2.07. The van der Waals surface area contributed by atoms with Gasteiger partial charge in [-0.3, -0.25) is 4.79 Å². The van der Waals surface area contributed by atoms with Crippen molar-refractivity contribution < 1.29 is 13.2 Å². The van der Waals surface area contributed by atoms with Crippen molar-refractivity contribution in [1.82, 2.24) is 9.97 Å². The molecule has 1 aromatic rings. The lowest BCUT2D eigenvalue weighted by Crippen LogP contribution is -2.13. The molecular formula is C9H11ClF3N3O. The van der Waals surface area contributed by atoms with E-state index in [1.807, 2.05) is 0 Å². The summed E-state index contributed by atoms with van der Waals surface area (Å²) < 4.78 is 35.5. The average molecular weight is 270 g/mol. The molecule has 0 aliphatic carbocycles. The summed E-state index contributed by atoms with van der Waals surface area (Å²) in [5.41, 5.74) is -0.487. The first kappa shape index (κ1) is 13.8. The number of aromatic nitrogens is 2. The Bertz CT molecular complexity index is 419. The molecule has 0 bridgehead atoms. The van der Waals surface area contributed by atoms with Crippen molar-refractivity contribution in [1.29, 1.82) is 0 Å². The molecule has 0 aromatic carbocycles. The SMILES string of the molecule is O=c1[nH]cnc(NCCCCC(F)(F)F)c1Cl. The van der Waals surface area contributed by atoms with Crippen LogP contribution in [0.5, 0.6) is 0 Å². The summed E-state index contributed by atoms with van der Waals surface area (Å²) in [6, 6.07) is 0. The Morgan fingerprint density at radius 2 is 2.12 bits per heavy atom. The molecule has 8 heteroatoms. The van der Waals surface area contributed by atoms with Crippen molar-refractivity contribution in [3.63, 3.8) is 0 Å². The number of H-pyrrole nitrogens is 1.